The van der Waals surface area contributed by atoms with Crippen LogP contribution in [0.1, 0.15) is 12.0 Å². The van der Waals surface area contributed by atoms with Crippen molar-refractivity contribution < 1.29 is 9.59 Å². The molecule has 1 saturated heterocycles. The van der Waals surface area contributed by atoms with Gasteiger partial charge in [-0.05, 0) is 11.6 Å². The maximum Gasteiger partial charge on any atom is 0.244 e. The van der Waals surface area contributed by atoms with Gasteiger partial charge in [0.05, 0.1) is 6.54 Å². The first-order valence-corrected chi connectivity index (χ1v) is 8.13. The molecule has 0 atom stereocenters. The molecule has 0 bridgehead atoms. The van der Waals surface area contributed by atoms with Gasteiger partial charge < -0.3 is 10.2 Å². The molecule has 5 heteroatoms. The fraction of sp³-hybridized carbons (Fsp3) is 0.368. The first-order valence-electron chi connectivity index (χ1n) is 8.13. The molecule has 1 aliphatic rings. The number of hydrogen-bond acceptors (Lipinski definition) is 3. The number of carbonyl (C=O) groups is 2. The van der Waals surface area contributed by atoms with Crippen molar-refractivity contribution in [3.63, 3.8) is 0 Å². The van der Waals surface area contributed by atoms with Gasteiger partial charge in [-0.3, -0.25) is 14.5 Å². The predicted molar refractivity (Wildman–Crippen MR) is 95.0 cm³/mol. The molecule has 1 heterocycles. The summed E-state index contributed by atoms with van der Waals surface area (Å²) in [4.78, 5) is 28.0. The van der Waals surface area contributed by atoms with E-state index in [1.807, 2.05) is 30.3 Å². The van der Waals surface area contributed by atoms with Crippen LogP contribution in [0.5, 0.6) is 0 Å². The summed E-state index contributed by atoms with van der Waals surface area (Å²) >= 11 is 0. The van der Waals surface area contributed by atoms with Gasteiger partial charge in [-0.15, -0.1) is 12.3 Å². The lowest BCUT2D eigenvalue weighted by molar-refractivity contribution is -0.133. The molecule has 2 rings (SSSR count). The third-order valence-electron chi connectivity index (χ3n) is 3.94. The second-order valence-corrected chi connectivity index (χ2v) is 5.64. The van der Waals surface area contributed by atoms with Crippen molar-refractivity contribution >= 4 is 17.9 Å². The smallest absolute Gasteiger partial charge is 0.244 e. The summed E-state index contributed by atoms with van der Waals surface area (Å²) in [5.74, 6) is 2.32. The predicted octanol–water partition coefficient (Wildman–Crippen LogP) is 0.984. The van der Waals surface area contributed by atoms with Gasteiger partial charge in [-0.1, -0.05) is 30.3 Å². The van der Waals surface area contributed by atoms with Crippen molar-refractivity contribution in [3.8, 4) is 12.3 Å². The van der Waals surface area contributed by atoms with Crippen LogP contribution in [-0.2, 0) is 9.59 Å². The van der Waals surface area contributed by atoms with Gasteiger partial charge in [0, 0.05) is 45.2 Å². The summed E-state index contributed by atoms with van der Waals surface area (Å²) in [6.07, 6.45) is 9.17. The highest BCUT2D eigenvalue weighted by atomic mass is 16.2. The molecule has 0 aliphatic carbocycles. The van der Waals surface area contributed by atoms with E-state index >= 15 is 0 Å². The number of carbonyl (C=O) groups excluding carboxylic acids is 2. The van der Waals surface area contributed by atoms with Crippen LogP contribution in [0.2, 0.25) is 0 Å². The van der Waals surface area contributed by atoms with Crippen molar-refractivity contribution in [2.45, 2.75) is 6.42 Å². The van der Waals surface area contributed by atoms with Gasteiger partial charge in [0.25, 0.3) is 0 Å². The summed E-state index contributed by atoms with van der Waals surface area (Å²) in [6, 6.07) is 9.56. The maximum atomic E-state index is 12.1. The number of rotatable bonds is 6. The maximum absolute atomic E-state index is 12.1. The van der Waals surface area contributed by atoms with Gasteiger partial charge in [0.1, 0.15) is 0 Å². The van der Waals surface area contributed by atoms with E-state index in [1.165, 1.54) is 6.08 Å². The van der Waals surface area contributed by atoms with Crippen LogP contribution in [0.3, 0.4) is 0 Å². The molecule has 1 aromatic rings. The first-order chi connectivity index (χ1) is 11.7. The second kappa shape index (κ2) is 9.53. The molecule has 2 amide bonds. The Balaban J connectivity index is 1.69. The number of nitrogens with zero attached hydrogens (tertiary/aromatic N) is 2. The Labute approximate surface area is 143 Å². The van der Waals surface area contributed by atoms with Crippen molar-refractivity contribution in [2.24, 2.45) is 0 Å². The number of piperazine rings is 1. The number of terminal acetylenes is 1. The van der Waals surface area contributed by atoms with E-state index < -0.39 is 0 Å². The Bertz CT molecular complexity index is 611. The summed E-state index contributed by atoms with van der Waals surface area (Å²) in [5.41, 5.74) is 0.946. The topological polar surface area (TPSA) is 52.6 Å². The fourth-order valence-electron chi connectivity index (χ4n) is 2.51. The summed E-state index contributed by atoms with van der Waals surface area (Å²) < 4.78 is 0. The van der Waals surface area contributed by atoms with E-state index in [1.54, 1.807) is 11.0 Å². The summed E-state index contributed by atoms with van der Waals surface area (Å²) in [5, 5.41) is 2.64. The second-order valence-electron chi connectivity index (χ2n) is 5.64. The van der Waals surface area contributed by atoms with Gasteiger partial charge in [-0.25, -0.2) is 0 Å². The van der Waals surface area contributed by atoms with Gasteiger partial charge in [-0.2, -0.15) is 0 Å². The zero-order valence-corrected chi connectivity index (χ0v) is 13.8. The third kappa shape index (κ3) is 5.90. The Morgan fingerprint density at radius 1 is 1.17 bits per heavy atom. The average molecular weight is 325 g/mol. The van der Waals surface area contributed by atoms with Gasteiger partial charge in [0.15, 0.2) is 0 Å². The molecule has 1 N–H and O–H groups in total. The lowest BCUT2D eigenvalue weighted by atomic mass is 10.2. The molecule has 0 spiro atoms. The minimum atomic E-state index is -0.264. The minimum absolute atomic E-state index is 0.0301. The summed E-state index contributed by atoms with van der Waals surface area (Å²) in [7, 11) is 0. The van der Waals surface area contributed by atoms with Crippen molar-refractivity contribution in [1.82, 2.24) is 15.1 Å². The van der Waals surface area contributed by atoms with Crippen molar-refractivity contribution in [2.75, 3.05) is 39.3 Å². The zero-order valence-electron chi connectivity index (χ0n) is 13.8. The quantitative estimate of drug-likeness (QED) is 0.627. The molecule has 1 aromatic carbocycles. The highest BCUT2D eigenvalue weighted by Gasteiger charge is 2.20. The standard InChI is InChI=1S/C19H23N3O2/c1-2-3-11-21-12-14-22(15-13-21)19(24)16-20-18(23)10-9-17-7-5-4-6-8-17/h1,4-10H,3,11-16H2,(H,20,23)/b10-9+. The van der Waals surface area contributed by atoms with E-state index in [9.17, 15) is 9.59 Å². The van der Waals surface area contributed by atoms with Crippen molar-refractivity contribution in [1.29, 1.82) is 0 Å². The molecule has 0 aromatic heterocycles. The number of benzene rings is 1. The van der Waals surface area contributed by atoms with E-state index in [4.69, 9.17) is 6.42 Å². The summed E-state index contributed by atoms with van der Waals surface area (Å²) in [6.45, 7) is 3.92. The monoisotopic (exact) mass is 325 g/mol. The molecule has 1 fully saturated rings. The Morgan fingerprint density at radius 2 is 1.88 bits per heavy atom. The first kappa shape index (κ1) is 17.8. The van der Waals surface area contributed by atoms with Crippen LogP contribution in [0.4, 0.5) is 0 Å². The molecule has 1 aliphatic heterocycles. The Hall–Kier alpha value is -2.58. The molecule has 126 valence electrons. The van der Waals surface area contributed by atoms with E-state index in [0.717, 1.165) is 31.6 Å². The van der Waals surface area contributed by atoms with Gasteiger partial charge in [0.2, 0.25) is 11.8 Å². The minimum Gasteiger partial charge on any atom is -0.343 e. The van der Waals surface area contributed by atoms with Crippen molar-refractivity contribution in [3.05, 3.63) is 42.0 Å². The molecule has 0 radical (unpaired) electrons. The van der Waals surface area contributed by atoms with Crippen LogP contribution in [0.25, 0.3) is 6.08 Å². The van der Waals surface area contributed by atoms with Crippen LogP contribution in [0, 0.1) is 12.3 Å². The number of nitrogens with one attached hydrogen (secondary N) is 1. The molecule has 24 heavy (non-hydrogen) atoms. The fourth-order valence-corrected chi connectivity index (χ4v) is 2.51. The van der Waals surface area contributed by atoms with Crippen LogP contribution in [0.15, 0.2) is 36.4 Å². The largest absolute Gasteiger partial charge is 0.343 e. The van der Waals surface area contributed by atoms with Crippen LogP contribution >= 0.6 is 0 Å². The van der Waals surface area contributed by atoms with Crippen LogP contribution < -0.4 is 5.32 Å². The molecule has 0 saturated carbocycles. The molecule has 0 unspecified atom stereocenters. The highest BCUT2D eigenvalue weighted by Crippen LogP contribution is 2.03. The van der Waals surface area contributed by atoms with Gasteiger partial charge >= 0.3 is 0 Å². The molecule has 5 nitrogen and oxygen atoms in total. The Morgan fingerprint density at radius 3 is 2.54 bits per heavy atom. The van der Waals surface area contributed by atoms with E-state index in [-0.39, 0.29) is 18.4 Å². The highest BCUT2D eigenvalue weighted by molar-refractivity contribution is 5.94. The molecular weight excluding hydrogens is 302 g/mol. The van der Waals surface area contributed by atoms with E-state index in [0.29, 0.717) is 13.1 Å². The molecular formula is C19H23N3O2. The SMILES string of the molecule is C#CCCN1CCN(C(=O)CNC(=O)/C=C/c2ccccc2)CC1. The van der Waals surface area contributed by atoms with E-state index in [2.05, 4.69) is 16.1 Å². The zero-order chi connectivity index (χ0) is 17.2. The lowest BCUT2D eigenvalue weighted by Crippen LogP contribution is -2.51. The Kier molecular flexibility index (Phi) is 7.06. The number of hydrogen-bond donors (Lipinski definition) is 1. The lowest BCUT2D eigenvalue weighted by Gasteiger charge is -2.34. The normalized spacial score (nSPS) is 15.2. The van der Waals surface area contributed by atoms with Crippen LogP contribution in [-0.4, -0.2) is 60.9 Å². The average Bonchev–Trinajstić information content (AvgIpc) is 2.64. The number of amides is 2. The third-order valence-corrected chi connectivity index (χ3v) is 3.94.